The van der Waals surface area contributed by atoms with Gasteiger partial charge in [0.1, 0.15) is 11.6 Å². The molecule has 1 atom stereocenters. The summed E-state index contributed by atoms with van der Waals surface area (Å²) in [7, 11) is 3.18. The van der Waals surface area contributed by atoms with Crippen molar-refractivity contribution in [1.82, 2.24) is 5.32 Å². The maximum atomic E-state index is 13.9. The van der Waals surface area contributed by atoms with Crippen LogP contribution in [-0.4, -0.2) is 26.4 Å². The fourth-order valence-electron chi connectivity index (χ4n) is 2.05. The lowest BCUT2D eigenvalue weighted by Gasteiger charge is -2.30. The zero-order chi connectivity index (χ0) is 13.8. The minimum atomic E-state index is -0.262. The highest BCUT2D eigenvalue weighted by molar-refractivity contribution is 5.30. The van der Waals surface area contributed by atoms with E-state index in [1.165, 1.54) is 13.2 Å². The Morgan fingerprint density at radius 3 is 2.50 bits per heavy atom. The van der Waals surface area contributed by atoms with Crippen LogP contribution in [0, 0.1) is 5.82 Å². The Bertz CT molecular complexity index is 393. The molecule has 0 saturated carbocycles. The standard InChI is InChI=1S/C14H22FNO2/c1-10(16-14(2,3)9-17-4)12-7-6-11(18-5)8-13(12)15/h6-8,10,16H,9H2,1-5H3/t10-/m0/s1. The van der Waals surface area contributed by atoms with Crippen LogP contribution in [0.4, 0.5) is 4.39 Å². The molecule has 3 nitrogen and oxygen atoms in total. The predicted molar refractivity (Wildman–Crippen MR) is 70.5 cm³/mol. The van der Waals surface area contributed by atoms with E-state index in [9.17, 15) is 4.39 Å². The van der Waals surface area contributed by atoms with Gasteiger partial charge in [-0.2, -0.15) is 0 Å². The van der Waals surface area contributed by atoms with Crippen molar-refractivity contribution in [3.05, 3.63) is 29.6 Å². The predicted octanol–water partition coefficient (Wildman–Crippen LogP) is 2.91. The number of benzene rings is 1. The van der Waals surface area contributed by atoms with E-state index in [-0.39, 0.29) is 17.4 Å². The number of nitrogens with one attached hydrogen (secondary N) is 1. The molecule has 18 heavy (non-hydrogen) atoms. The summed E-state index contributed by atoms with van der Waals surface area (Å²) in [4.78, 5) is 0. The van der Waals surface area contributed by atoms with Gasteiger partial charge in [-0.15, -0.1) is 0 Å². The van der Waals surface area contributed by atoms with E-state index in [1.807, 2.05) is 20.8 Å². The molecule has 0 aliphatic carbocycles. The second-order valence-electron chi connectivity index (χ2n) is 5.07. The maximum absolute atomic E-state index is 13.9. The third-order valence-electron chi connectivity index (χ3n) is 2.79. The van der Waals surface area contributed by atoms with Gasteiger partial charge >= 0.3 is 0 Å². The molecule has 4 heteroatoms. The normalized spacial score (nSPS) is 13.4. The lowest BCUT2D eigenvalue weighted by Crippen LogP contribution is -2.44. The van der Waals surface area contributed by atoms with Gasteiger partial charge in [0.25, 0.3) is 0 Å². The first-order valence-electron chi connectivity index (χ1n) is 5.99. The summed E-state index contributed by atoms with van der Waals surface area (Å²) in [5.41, 5.74) is 0.417. The molecule has 0 bridgehead atoms. The van der Waals surface area contributed by atoms with Crippen molar-refractivity contribution in [3.63, 3.8) is 0 Å². The van der Waals surface area contributed by atoms with Crippen molar-refractivity contribution in [2.45, 2.75) is 32.4 Å². The number of methoxy groups -OCH3 is 2. The van der Waals surface area contributed by atoms with Gasteiger partial charge in [0.15, 0.2) is 0 Å². The highest BCUT2D eigenvalue weighted by atomic mass is 19.1. The number of ether oxygens (including phenoxy) is 2. The van der Waals surface area contributed by atoms with Crippen LogP contribution in [0.1, 0.15) is 32.4 Å². The topological polar surface area (TPSA) is 30.5 Å². The highest BCUT2D eigenvalue weighted by Gasteiger charge is 2.22. The van der Waals surface area contributed by atoms with Crippen molar-refractivity contribution in [3.8, 4) is 5.75 Å². The summed E-state index contributed by atoms with van der Waals surface area (Å²) in [6, 6.07) is 4.81. The zero-order valence-corrected chi connectivity index (χ0v) is 11.7. The largest absolute Gasteiger partial charge is 0.497 e. The molecule has 0 heterocycles. The molecule has 1 rings (SSSR count). The van der Waals surface area contributed by atoms with E-state index in [0.717, 1.165) is 0 Å². The fourth-order valence-corrected chi connectivity index (χ4v) is 2.05. The van der Waals surface area contributed by atoms with Crippen LogP contribution in [0.15, 0.2) is 18.2 Å². The van der Waals surface area contributed by atoms with E-state index in [4.69, 9.17) is 9.47 Å². The lowest BCUT2D eigenvalue weighted by atomic mass is 10.0. The Labute approximate surface area is 108 Å². The number of rotatable bonds is 6. The SMILES string of the molecule is COCC(C)(C)N[C@@H](C)c1ccc(OC)cc1F. The van der Waals surface area contributed by atoms with Crippen LogP contribution in [0.3, 0.4) is 0 Å². The van der Waals surface area contributed by atoms with Crippen molar-refractivity contribution in [1.29, 1.82) is 0 Å². The average Bonchev–Trinajstić information content (AvgIpc) is 2.27. The first-order chi connectivity index (χ1) is 8.39. The van der Waals surface area contributed by atoms with E-state index < -0.39 is 0 Å². The third kappa shape index (κ3) is 3.96. The third-order valence-corrected chi connectivity index (χ3v) is 2.79. The van der Waals surface area contributed by atoms with Crippen LogP contribution >= 0.6 is 0 Å². The molecule has 1 N–H and O–H groups in total. The average molecular weight is 255 g/mol. The maximum Gasteiger partial charge on any atom is 0.131 e. The summed E-state index contributed by atoms with van der Waals surface area (Å²) in [6.07, 6.45) is 0. The minimum absolute atomic E-state index is 0.0962. The van der Waals surface area contributed by atoms with Crippen LogP contribution in [0.25, 0.3) is 0 Å². The van der Waals surface area contributed by atoms with Crippen LogP contribution in [-0.2, 0) is 4.74 Å². The van der Waals surface area contributed by atoms with Gasteiger partial charge in [-0.25, -0.2) is 4.39 Å². The summed E-state index contributed by atoms with van der Waals surface area (Å²) in [5, 5.41) is 3.35. The van der Waals surface area contributed by atoms with Crippen molar-refractivity contribution in [2.75, 3.05) is 20.8 Å². The van der Waals surface area contributed by atoms with Crippen LogP contribution < -0.4 is 10.1 Å². The van der Waals surface area contributed by atoms with E-state index in [2.05, 4.69) is 5.32 Å². The van der Waals surface area contributed by atoms with Gasteiger partial charge in [-0.3, -0.25) is 0 Å². The molecule has 0 aromatic heterocycles. The molecule has 0 spiro atoms. The second kappa shape index (κ2) is 6.16. The van der Waals surface area contributed by atoms with E-state index >= 15 is 0 Å². The zero-order valence-electron chi connectivity index (χ0n) is 11.7. The monoisotopic (exact) mass is 255 g/mol. The molecule has 102 valence electrons. The number of hydrogen-bond acceptors (Lipinski definition) is 3. The second-order valence-corrected chi connectivity index (χ2v) is 5.07. The molecular weight excluding hydrogens is 233 g/mol. The quantitative estimate of drug-likeness (QED) is 0.847. The molecule has 0 radical (unpaired) electrons. The van der Waals surface area contributed by atoms with Crippen molar-refractivity contribution >= 4 is 0 Å². The van der Waals surface area contributed by atoms with Gasteiger partial charge in [0.05, 0.1) is 13.7 Å². The summed E-state index contributed by atoms with van der Waals surface area (Å²) < 4.78 is 24.0. The molecular formula is C14H22FNO2. The Kier molecular flexibility index (Phi) is 5.11. The first kappa shape index (κ1) is 14.9. The number of hydrogen-bond donors (Lipinski definition) is 1. The Morgan fingerprint density at radius 1 is 1.33 bits per heavy atom. The van der Waals surface area contributed by atoms with Gasteiger partial charge in [-0.1, -0.05) is 6.07 Å². The van der Waals surface area contributed by atoms with Crippen LogP contribution in [0.2, 0.25) is 0 Å². The lowest BCUT2D eigenvalue weighted by molar-refractivity contribution is 0.121. The van der Waals surface area contributed by atoms with Crippen molar-refractivity contribution < 1.29 is 13.9 Å². The minimum Gasteiger partial charge on any atom is -0.497 e. The van der Waals surface area contributed by atoms with Crippen LogP contribution in [0.5, 0.6) is 5.75 Å². The summed E-state index contributed by atoms with van der Waals surface area (Å²) in [6.45, 7) is 6.54. The highest BCUT2D eigenvalue weighted by Crippen LogP contribution is 2.23. The molecule has 0 saturated heterocycles. The molecule has 0 unspecified atom stereocenters. The smallest absolute Gasteiger partial charge is 0.131 e. The molecule has 0 amide bonds. The Balaban J connectivity index is 2.81. The Morgan fingerprint density at radius 2 is 2.00 bits per heavy atom. The first-order valence-corrected chi connectivity index (χ1v) is 5.99. The Hall–Kier alpha value is -1.13. The van der Waals surface area contributed by atoms with Gasteiger partial charge in [0, 0.05) is 30.3 Å². The van der Waals surface area contributed by atoms with Crippen molar-refractivity contribution in [2.24, 2.45) is 0 Å². The van der Waals surface area contributed by atoms with E-state index in [1.54, 1.807) is 19.2 Å². The molecule has 1 aromatic rings. The van der Waals surface area contributed by atoms with Gasteiger partial charge in [-0.05, 0) is 26.8 Å². The molecule has 0 fully saturated rings. The van der Waals surface area contributed by atoms with E-state index in [0.29, 0.717) is 17.9 Å². The van der Waals surface area contributed by atoms with Gasteiger partial charge < -0.3 is 14.8 Å². The molecule has 0 aliphatic heterocycles. The summed E-state index contributed by atoms with van der Waals surface area (Å²) in [5.74, 6) is 0.266. The van der Waals surface area contributed by atoms with Gasteiger partial charge in [0.2, 0.25) is 0 Å². The summed E-state index contributed by atoms with van der Waals surface area (Å²) >= 11 is 0. The molecule has 1 aromatic carbocycles. The molecule has 0 aliphatic rings. The number of halogens is 1. The fraction of sp³-hybridized carbons (Fsp3) is 0.571.